The quantitative estimate of drug-likeness (QED) is 0.0406. The second-order valence-electron chi connectivity index (χ2n) is 22.2. The van der Waals surface area contributed by atoms with Gasteiger partial charge in [-0.1, -0.05) is 194 Å². The number of benzene rings is 7. The van der Waals surface area contributed by atoms with E-state index >= 15 is 19.2 Å². The van der Waals surface area contributed by atoms with Crippen molar-refractivity contribution in [2.24, 2.45) is 11.5 Å². The van der Waals surface area contributed by atoms with Gasteiger partial charge in [-0.15, -0.1) is 0 Å². The normalized spacial score (nSPS) is 13.4. The van der Waals surface area contributed by atoms with E-state index in [2.05, 4.69) is 5.32 Å². The zero-order chi connectivity index (χ0) is 63.4. The summed E-state index contributed by atoms with van der Waals surface area (Å²) in [5, 5.41) is 3.33. The van der Waals surface area contributed by atoms with Gasteiger partial charge in [0.2, 0.25) is 47.3 Å². The fourth-order valence-corrected chi connectivity index (χ4v) is 10.9. The van der Waals surface area contributed by atoms with Gasteiger partial charge in [0, 0.05) is 11.6 Å². The minimum atomic E-state index is -0.893. The lowest BCUT2D eigenvalue weighted by molar-refractivity contribution is -0.152. The van der Waals surface area contributed by atoms with E-state index in [1.165, 1.54) is 41.5 Å². The molecule has 0 saturated heterocycles. The highest BCUT2D eigenvalue weighted by atomic mass is 16.2. The molecule has 458 valence electrons. The topological polar surface area (TPSA) is 220 Å². The van der Waals surface area contributed by atoms with E-state index in [1.807, 2.05) is 196 Å². The van der Waals surface area contributed by atoms with Gasteiger partial charge in [-0.2, -0.15) is 0 Å². The summed E-state index contributed by atoms with van der Waals surface area (Å²) in [6.07, 6.45) is 0. The van der Waals surface area contributed by atoms with Crippen LogP contribution in [0, 0.1) is 0 Å². The van der Waals surface area contributed by atoms with Crippen molar-refractivity contribution in [3.63, 3.8) is 0 Å². The zero-order valence-corrected chi connectivity index (χ0v) is 51.2. The van der Waals surface area contributed by atoms with E-state index in [4.69, 9.17) is 11.5 Å². The van der Waals surface area contributed by atoms with Gasteiger partial charge in [-0.3, -0.25) is 38.4 Å². The van der Waals surface area contributed by atoms with Crippen molar-refractivity contribution in [2.75, 3.05) is 45.8 Å². The number of carbonyl (C=O) groups is 8. The highest BCUT2D eigenvalue weighted by Crippen LogP contribution is 2.30. The highest BCUT2D eigenvalue weighted by molar-refractivity contribution is 5.94. The monoisotopic (exact) mass is 1190 g/mol. The number of primary amides is 2. The lowest BCUT2D eigenvalue weighted by Crippen LogP contribution is -2.53. The highest BCUT2D eigenvalue weighted by Gasteiger charge is 2.37. The Hall–Kier alpha value is -9.74. The van der Waals surface area contributed by atoms with Crippen molar-refractivity contribution in [2.45, 2.75) is 90.8 Å². The van der Waals surface area contributed by atoms with Gasteiger partial charge in [0.1, 0.15) is 32.7 Å². The Labute approximate surface area is 516 Å². The van der Waals surface area contributed by atoms with Gasteiger partial charge in [-0.05, 0) is 99.5 Å². The first-order valence-electron chi connectivity index (χ1n) is 29.7. The maximum Gasteiger partial charge on any atom is 0.248 e. The molecule has 7 atom stereocenters. The molecule has 0 bridgehead atoms. The lowest BCUT2D eigenvalue weighted by Gasteiger charge is -2.38. The van der Waals surface area contributed by atoms with Crippen LogP contribution in [0.25, 0.3) is 0 Å². The van der Waals surface area contributed by atoms with Crippen LogP contribution in [0.4, 0.5) is 0 Å². The molecule has 17 nitrogen and oxygen atoms in total. The first-order valence-corrected chi connectivity index (χ1v) is 29.7. The molecule has 0 saturated carbocycles. The number of nitrogens with one attached hydrogen (secondary N) is 1. The summed E-state index contributed by atoms with van der Waals surface area (Å²) >= 11 is 0. The van der Waals surface area contributed by atoms with E-state index in [0.29, 0.717) is 22.3 Å². The molecule has 7 rings (SSSR count). The lowest BCUT2D eigenvalue weighted by atomic mass is 10.0. The molecule has 88 heavy (non-hydrogen) atoms. The molecular formula is C71H81N9O8. The Bertz CT molecular complexity index is 3440. The molecule has 17 heteroatoms. The van der Waals surface area contributed by atoms with Crippen LogP contribution < -0.4 is 16.8 Å². The molecule has 7 aromatic rings. The number of rotatable bonds is 29. The predicted molar refractivity (Wildman–Crippen MR) is 340 cm³/mol. The van der Waals surface area contributed by atoms with Crippen LogP contribution >= 0.6 is 0 Å². The molecule has 5 N–H and O–H groups in total. The number of hydrogen-bond acceptors (Lipinski definition) is 9. The second kappa shape index (κ2) is 31.6. The van der Waals surface area contributed by atoms with Crippen LogP contribution in [0.2, 0.25) is 0 Å². The van der Waals surface area contributed by atoms with Gasteiger partial charge in [0.15, 0.2) is 0 Å². The minimum Gasteiger partial charge on any atom is -0.368 e. The first-order chi connectivity index (χ1) is 42.2. The van der Waals surface area contributed by atoms with Crippen molar-refractivity contribution in [1.29, 1.82) is 0 Å². The van der Waals surface area contributed by atoms with Gasteiger partial charge < -0.3 is 46.2 Å². The molecule has 0 unspecified atom stereocenters. The number of hydrogen-bond donors (Lipinski definition) is 3. The fraction of sp³-hybridized carbons (Fsp3) is 0.296. The average molecular weight is 1190 g/mol. The third-order valence-electron chi connectivity index (χ3n) is 16.5. The van der Waals surface area contributed by atoms with Crippen molar-refractivity contribution < 1.29 is 38.4 Å². The molecule has 0 spiro atoms. The maximum absolute atomic E-state index is 15.7. The van der Waals surface area contributed by atoms with Crippen LogP contribution in [-0.2, 0) is 33.6 Å². The second-order valence-corrected chi connectivity index (χ2v) is 22.2. The summed E-state index contributed by atoms with van der Waals surface area (Å²) in [5.74, 6) is -4.76. The molecule has 0 aliphatic rings. The zero-order valence-electron chi connectivity index (χ0n) is 51.2. The number of carbonyl (C=O) groups excluding carboxylic acids is 8. The third-order valence-corrected chi connectivity index (χ3v) is 16.5. The fourth-order valence-electron chi connectivity index (χ4n) is 10.9. The number of nitrogens with two attached hydrogens (primary N) is 2. The van der Waals surface area contributed by atoms with E-state index in [1.54, 1.807) is 46.8 Å². The van der Waals surface area contributed by atoms with E-state index in [0.717, 1.165) is 16.7 Å². The summed E-state index contributed by atoms with van der Waals surface area (Å²) in [6, 6.07) is 57.4. The summed E-state index contributed by atoms with van der Waals surface area (Å²) in [4.78, 5) is 125. The molecule has 0 aliphatic heterocycles. The van der Waals surface area contributed by atoms with Crippen LogP contribution in [-0.4, -0.2) is 122 Å². The van der Waals surface area contributed by atoms with Gasteiger partial charge in [-0.25, -0.2) is 0 Å². The summed E-state index contributed by atoms with van der Waals surface area (Å²) < 4.78 is 0. The molecule has 0 aromatic heterocycles. The minimum absolute atomic E-state index is 0.101. The SMILES string of the molecule is C[C@H](NCC(=O)N(CC(=O)N(CC(=O)N(CC(=O)N(CC(=O)N(CC(=O)N(CC(N)=O)[C@@H](C)c1ccccc1)[C@@H](C)c1ccccc1)[C@@H](C)c1ccccc1)[C@@H](C)c1ccc(C(N)=O)cc1)[C@@H](C)c1ccccc1)[C@@H](C)c1ccccc1)c1ccccc1. The Balaban J connectivity index is 1.26. The van der Waals surface area contributed by atoms with Crippen molar-refractivity contribution in [3.05, 3.63) is 251 Å². The largest absolute Gasteiger partial charge is 0.368 e. The number of nitrogens with zero attached hydrogens (tertiary/aromatic N) is 6. The summed E-state index contributed by atoms with van der Waals surface area (Å²) in [6.45, 7) is 9.49. The predicted octanol–water partition coefficient (Wildman–Crippen LogP) is 9.46. The van der Waals surface area contributed by atoms with Crippen LogP contribution in [0.1, 0.15) is 140 Å². The Morgan fingerprint density at radius 3 is 0.750 bits per heavy atom. The first kappa shape index (κ1) is 65.8. The van der Waals surface area contributed by atoms with E-state index < -0.39 is 117 Å². The smallest absolute Gasteiger partial charge is 0.248 e. The van der Waals surface area contributed by atoms with Gasteiger partial charge in [0.05, 0.1) is 49.3 Å². The standard InChI is InChI=1S/C71H81N9O8/c1-49(56-26-14-8-15-27-56)74-42-65(82)76(51(3)58-30-18-10-19-31-58)44-67(84)78(53(5)60-34-22-12-23-35-60)47-70(87)80(55(7)62-38-40-63(41-39-62)71(73)88)48-69(86)79(54(6)61-36-24-13-25-37-61)46-68(85)77(52(4)59-32-20-11-21-33-59)45-66(83)75(43-64(72)81)50(2)57-28-16-9-17-29-57/h8-41,49-55,74H,42-48H2,1-7H3,(H2,72,81)(H2,73,88)/t49-,50-,51-,52-,53-,54-,55-/m0/s1. The Morgan fingerprint density at radius 1 is 0.295 bits per heavy atom. The number of amides is 8. The van der Waals surface area contributed by atoms with Crippen LogP contribution in [0.5, 0.6) is 0 Å². The third kappa shape index (κ3) is 17.5. The van der Waals surface area contributed by atoms with E-state index in [-0.39, 0.29) is 24.1 Å². The molecule has 0 heterocycles. The van der Waals surface area contributed by atoms with E-state index in [9.17, 15) is 19.2 Å². The molecule has 0 fully saturated rings. The molecular weight excluding hydrogens is 1110 g/mol. The summed E-state index contributed by atoms with van der Waals surface area (Å²) in [5.41, 5.74) is 16.7. The summed E-state index contributed by atoms with van der Waals surface area (Å²) in [7, 11) is 0. The average Bonchev–Trinajstić information content (AvgIpc) is 3.76. The van der Waals surface area contributed by atoms with Gasteiger partial charge >= 0.3 is 0 Å². The molecule has 0 aliphatic carbocycles. The van der Waals surface area contributed by atoms with Crippen molar-refractivity contribution in [1.82, 2.24) is 34.7 Å². The molecule has 7 aromatic carbocycles. The van der Waals surface area contributed by atoms with Gasteiger partial charge in [0.25, 0.3) is 0 Å². The van der Waals surface area contributed by atoms with Crippen molar-refractivity contribution >= 4 is 47.3 Å². The maximum atomic E-state index is 15.7. The van der Waals surface area contributed by atoms with Crippen molar-refractivity contribution in [3.8, 4) is 0 Å². The Morgan fingerprint density at radius 2 is 0.511 bits per heavy atom. The van der Waals surface area contributed by atoms with Crippen LogP contribution in [0.15, 0.2) is 206 Å². The Kier molecular flexibility index (Phi) is 23.6. The van der Waals surface area contributed by atoms with Crippen LogP contribution in [0.3, 0.4) is 0 Å². The molecule has 8 amide bonds. The molecule has 0 radical (unpaired) electrons.